The second kappa shape index (κ2) is 7.03. The molecule has 0 amide bonds. The van der Waals surface area contributed by atoms with Gasteiger partial charge in [-0.15, -0.1) is 15.3 Å². The third kappa shape index (κ3) is 3.06. The number of ketones is 1. The van der Waals surface area contributed by atoms with Crippen molar-refractivity contribution in [1.82, 2.24) is 30.0 Å². The number of Topliss-reactive ketones (excluding diaryl/α,β-unsaturated/α-hetero) is 1. The molecule has 9 heteroatoms. The lowest BCUT2D eigenvalue weighted by Gasteiger charge is -2.09. The zero-order valence-corrected chi connectivity index (χ0v) is 16.2. The van der Waals surface area contributed by atoms with E-state index < -0.39 is 0 Å². The summed E-state index contributed by atoms with van der Waals surface area (Å²) in [4.78, 5) is 15.7. The van der Waals surface area contributed by atoms with E-state index in [0.717, 1.165) is 10.8 Å². The normalized spacial score (nSPS) is 11.3. The maximum absolute atomic E-state index is 11.4. The van der Waals surface area contributed by atoms with Crippen LogP contribution in [-0.4, -0.2) is 35.7 Å². The average Bonchev–Trinajstić information content (AvgIpc) is 3.38. The highest BCUT2D eigenvalue weighted by Crippen LogP contribution is 2.29. The van der Waals surface area contributed by atoms with Crippen molar-refractivity contribution in [3.05, 3.63) is 65.7 Å². The number of benzene rings is 1. The number of carbonyl (C=O) groups excluding carboxylic acids is 1. The van der Waals surface area contributed by atoms with Crippen molar-refractivity contribution in [2.24, 2.45) is 0 Å². The molecule has 5 rings (SSSR count). The summed E-state index contributed by atoms with van der Waals surface area (Å²) >= 11 is 0. The number of carbonyl (C=O) groups is 1. The first-order valence-electron chi connectivity index (χ1n) is 9.26. The molecular formula is C21H16N6O3. The van der Waals surface area contributed by atoms with Gasteiger partial charge in [-0.25, -0.2) is 0 Å². The molecule has 0 unspecified atom stereocenters. The zero-order valence-electron chi connectivity index (χ0n) is 16.2. The summed E-state index contributed by atoms with van der Waals surface area (Å²) in [5.74, 6) is 1.51. The van der Waals surface area contributed by atoms with Crippen molar-refractivity contribution in [3.8, 4) is 17.4 Å². The van der Waals surface area contributed by atoms with Crippen LogP contribution in [0.2, 0.25) is 0 Å². The van der Waals surface area contributed by atoms with Crippen LogP contribution < -0.4 is 4.74 Å². The molecule has 9 nitrogen and oxygen atoms in total. The molecule has 0 atom stereocenters. The van der Waals surface area contributed by atoms with Gasteiger partial charge in [0.25, 0.3) is 0 Å². The van der Waals surface area contributed by atoms with Crippen molar-refractivity contribution < 1.29 is 14.1 Å². The Kier molecular flexibility index (Phi) is 4.20. The zero-order chi connectivity index (χ0) is 20.7. The summed E-state index contributed by atoms with van der Waals surface area (Å²) < 4.78 is 12.8. The Bertz CT molecular complexity index is 1390. The van der Waals surface area contributed by atoms with Crippen molar-refractivity contribution in [3.63, 3.8) is 0 Å². The van der Waals surface area contributed by atoms with Crippen LogP contribution in [0.4, 0.5) is 0 Å². The van der Waals surface area contributed by atoms with Gasteiger partial charge in [0.2, 0.25) is 11.7 Å². The molecule has 0 spiro atoms. The number of hydrogen-bond donors (Lipinski definition) is 0. The molecule has 0 aliphatic heterocycles. The van der Waals surface area contributed by atoms with Crippen LogP contribution >= 0.6 is 0 Å². The topological polar surface area (TPSA) is 108 Å². The van der Waals surface area contributed by atoms with E-state index in [4.69, 9.17) is 9.26 Å². The molecule has 4 aromatic heterocycles. The van der Waals surface area contributed by atoms with Gasteiger partial charge in [-0.1, -0.05) is 23.4 Å². The SMILES string of the molecule is CC(=O)c1ccc(COc2nn3c(-c4cc(C)on4)nnc3c3ccccc23)nc1. The van der Waals surface area contributed by atoms with Crippen molar-refractivity contribution >= 4 is 22.2 Å². The van der Waals surface area contributed by atoms with Gasteiger partial charge in [0, 0.05) is 28.6 Å². The second-order valence-electron chi connectivity index (χ2n) is 6.82. The third-order valence-electron chi connectivity index (χ3n) is 4.67. The molecule has 0 fully saturated rings. The minimum Gasteiger partial charge on any atom is -0.470 e. The molecule has 0 aliphatic rings. The van der Waals surface area contributed by atoms with E-state index in [9.17, 15) is 4.79 Å². The first-order valence-corrected chi connectivity index (χ1v) is 9.26. The minimum atomic E-state index is -0.0312. The highest BCUT2D eigenvalue weighted by Gasteiger charge is 2.18. The Morgan fingerprint density at radius 1 is 1.13 bits per heavy atom. The lowest BCUT2D eigenvalue weighted by molar-refractivity contribution is 0.101. The van der Waals surface area contributed by atoms with Crippen LogP contribution in [0.25, 0.3) is 27.9 Å². The van der Waals surface area contributed by atoms with Gasteiger partial charge < -0.3 is 9.26 Å². The van der Waals surface area contributed by atoms with E-state index in [0.29, 0.717) is 40.1 Å². The Labute approximate surface area is 170 Å². The highest BCUT2D eigenvalue weighted by atomic mass is 16.5. The number of aromatic nitrogens is 6. The molecule has 0 bridgehead atoms. The largest absolute Gasteiger partial charge is 0.470 e. The van der Waals surface area contributed by atoms with Gasteiger partial charge in [0.15, 0.2) is 17.1 Å². The summed E-state index contributed by atoms with van der Waals surface area (Å²) in [5, 5.41) is 18.8. The Balaban J connectivity index is 1.57. The molecule has 0 N–H and O–H groups in total. The van der Waals surface area contributed by atoms with E-state index in [2.05, 4.69) is 25.4 Å². The molecule has 30 heavy (non-hydrogen) atoms. The maximum atomic E-state index is 11.4. The highest BCUT2D eigenvalue weighted by molar-refractivity contribution is 5.97. The predicted octanol–water partition coefficient (Wildman–Crippen LogP) is 3.42. The van der Waals surface area contributed by atoms with Crippen molar-refractivity contribution in [2.45, 2.75) is 20.5 Å². The van der Waals surface area contributed by atoms with Crippen LogP contribution in [-0.2, 0) is 6.61 Å². The Morgan fingerprint density at radius 3 is 2.67 bits per heavy atom. The summed E-state index contributed by atoms with van der Waals surface area (Å²) in [7, 11) is 0. The summed E-state index contributed by atoms with van der Waals surface area (Å²) in [6.45, 7) is 3.51. The quantitative estimate of drug-likeness (QED) is 0.413. The van der Waals surface area contributed by atoms with Crippen LogP contribution in [0.15, 0.2) is 53.2 Å². The fraction of sp³-hybridized carbons (Fsp3) is 0.143. The monoisotopic (exact) mass is 400 g/mol. The second-order valence-corrected chi connectivity index (χ2v) is 6.82. The fourth-order valence-electron chi connectivity index (χ4n) is 3.15. The van der Waals surface area contributed by atoms with Gasteiger partial charge >= 0.3 is 0 Å². The van der Waals surface area contributed by atoms with Crippen LogP contribution in [0.1, 0.15) is 28.7 Å². The number of nitrogens with zero attached hydrogens (tertiary/aromatic N) is 6. The lowest BCUT2D eigenvalue weighted by atomic mass is 10.2. The number of ether oxygens (including phenoxy) is 1. The first-order chi connectivity index (χ1) is 14.6. The van der Waals surface area contributed by atoms with Gasteiger partial charge in [-0.3, -0.25) is 9.78 Å². The van der Waals surface area contributed by atoms with E-state index in [1.165, 1.54) is 6.92 Å². The van der Waals surface area contributed by atoms with E-state index in [-0.39, 0.29) is 12.4 Å². The van der Waals surface area contributed by atoms with E-state index in [1.807, 2.05) is 31.2 Å². The molecule has 5 aromatic rings. The number of fused-ring (bicyclic) bond motifs is 3. The number of rotatable bonds is 5. The van der Waals surface area contributed by atoms with Gasteiger partial charge in [-0.2, -0.15) is 4.52 Å². The Morgan fingerprint density at radius 2 is 1.97 bits per heavy atom. The molecule has 4 heterocycles. The standard InChI is InChI=1S/C21H16N6O3/c1-12-9-18(26-30-12)20-24-23-19-16-5-3-4-6-17(16)21(25-27(19)20)29-11-15-8-7-14(10-22-15)13(2)28/h3-10H,11H2,1-2H3. The average molecular weight is 400 g/mol. The Hall–Kier alpha value is -4.14. The molecule has 0 aliphatic carbocycles. The van der Waals surface area contributed by atoms with E-state index in [1.54, 1.807) is 28.9 Å². The smallest absolute Gasteiger partial charge is 0.240 e. The van der Waals surface area contributed by atoms with Crippen LogP contribution in [0.3, 0.4) is 0 Å². The predicted molar refractivity (Wildman–Crippen MR) is 107 cm³/mol. The first kappa shape index (κ1) is 17.9. The summed E-state index contributed by atoms with van der Waals surface area (Å²) in [5.41, 5.74) is 2.37. The van der Waals surface area contributed by atoms with Crippen molar-refractivity contribution in [2.75, 3.05) is 0 Å². The van der Waals surface area contributed by atoms with Gasteiger partial charge in [0.05, 0.1) is 5.69 Å². The van der Waals surface area contributed by atoms with Gasteiger partial charge in [0.1, 0.15) is 12.4 Å². The maximum Gasteiger partial charge on any atom is 0.240 e. The summed E-state index contributed by atoms with van der Waals surface area (Å²) in [6.07, 6.45) is 1.54. The van der Waals surface area contributed by atoms with Gasteiger partial charge in [-0.05, 0) is 32.0 Å². The molecule has 0 saturated carbocycles. The lowest BCUT2D eigenvalue weighted by Crippen LogP contribution is -2.05. The van der Waals surface area contributed by atoms with Crippen molar-refractivity contribution in [1.29, 1.82) is 0 Å². The molecular weight excluding hydrogens is 384 g/mol. The number of aryl methyl sites for hydroxylation is 1. The van der Waals surface area contributed by atoms with Crippen LogP contribution in [0, 0.1) is 6.92 Å². The number of hydrogen-bond acceptors (Lipinski definition) is 8. The fourth-order valence-corrected chi connectivity index (χ4v) is 3.15. The third-order valence-corrected chi connectivity index (χ3v) is 4.67. The molecule has 0 radical (unpaired) electrons. The molecule has 148 valence electrons. The molecule has 0 saturated heterocycles. The molecule has 1 aromatic carbocycles. The minimum absolute atomic E-state index is 0.0312. The summed E-state index contributed by atoms with van der Waals surface area (Å²) in [6, 6.07) is 12.9. The van der Waals surface area contributed by atoms with Crippen LogP contribution in [0.5, 0.6) is 5.88 Å². The van der Waals surface area contributed by atoms with E-state index >= 15 is 0 Å². The number of pyridine rings is 1.